The maximum absolute atomic E-state index is 6.46. The molecule has 0 heterocycles. The highest BCUT2D eigenvalue weighted by Gasteiger charge is 2.36. The Morgan fingerprint density at radius 2 is 1.75 bits per heavy atom. The van der Waals surface area contributed by atoms with Gasteiger partial charge in [0.1, 0.15) is 0 Å². The predicted molar refractivity (Wildman–Crippen MR) is 86.0 cm³/mol. The van der Waals surface area contributed by atoms with E-state index in [4.69, 9.17) is 4.74 Å². The molecule has 2 saturated carbocycles. The molecule has 2 aliphatic rings. The van der Waals surface area contributed by atoms with Gasteiger partial charge in [0.25, 0.3) is 0 Å². The molecule has 0 aromatic rings. The first-order chi connectivity index (χ1) is 9.39. The van der Waals surface area contributed by atoms with Gasteiger partial charge in [-0.25, -0.2) is 0 Å². The fourth-order valence-corrected chi connectivity index (χ4v) is 3.31. The smallest absolute Gasteiger partial charge is 0.0806 e. The Kier molecular flexibility index (Phi) is 5.53. The number of hydrogen-bond acceptors (Lipinski definition) is 2. The van der Waals surface area contributed by atoms with Crippen molar-refractivity contribution in [3.63, 3.8) is 0 Å². The summed E-state index contributed by atoms with van der Waals surface area (Å²) in [5, 5.41) is 3.69. The van der Waals surface area contributed by atoms with Gasteiger partial charge in [-0.2, -0.15) is 0 Å². The van der Waals surface area contributed by atoms with Crippen LogP contribution in [0.3, 0.4) is 0 Å². The molecule has 0 spiro atoms. The second kappa shape index (κ2) is 6.79. The monoisotopic (exact) mass is 281 g/mol. The Balaban J connectivity index is 1.82. The SMILES string of the molecule is CC1CCC(CNC(C)(C)C)(OCCC2CCC2)CC1. The predicted octanol–water partition coefficient (Wildman–Crippen LogP) is 4.53. The minimum atomic E-state index is 0.115. The summed E-state index contributed by atoms with van der Waals surface area (Å²) in [4.78, 5) is 0. The second-order valence-electron chi connectivity index (χ2n) is 8.40. The van der Waals surface area contributed by atoms with E-state index in [0.29, 0.717) is 0 Å². The van der Waals surface area contributed by atoms with E-state index in [0.717, 1.165) is 25.0 Å². The summed E-state index contributed by atoms with van der Waals surface area (Å²) in [6, 6.07) is 0. The molecule has 0 bridgehead atoms. The van der Waals surface area contributed by atoms with Crippen molar-refractivity contribution >= 4 is 0 Å². The summed E-state index contributed by atoms with van der Waals surface area (Å²) in [6.07, 6.45) is 10.7. The maximum Gasteiger partial charge on any atom is 0.0806 e. The van der Waals surface area contributed by atoms with Crippen molar-refractivity contribution in [1.29, 1.82) is 0 Å². The zero-order valence-electron chi connectivity index (χ0n) is 14.1. The highest BCUT2D eigenvalue weighted by molar-refractivity contribution is 4.90. The van der Waals surface area contributed by atoms with Gasteiger partial charge >= 0.3 is 0 Å². The first kappa shape index (κ1) is 16.3. The van der Waals surface area contributed by atoms with Crippen molar-refractivity contribution in [1.82, 2.24) is 5.32 Å². The van der Waals surface area contributed by atoms with Crippen molar-refractivity contribution < 1.29 is 4.74 Å². The molecule has 2 aliphatic carbocycles. The lowest BCUT2D eigenvalue weighted by molar-refractivity contribution is -0.0835. The van der Waals surface area contributed by atoms with E-state index in [1.807, 2.05) is 0 Å². The van der Waals surface area contributed by atoms with Crippen molar-refractivity contribution in [2.75, 3.05) is 13.2 Å². The summed E-state index contributed by atoms with van der Waals surface area (Å²) < 4.78 is 6.46. The van der Waals surface area contributed by atoms with E-state index in [1.54, 1.807) is 0 Å². The number of rotatable bonds is 6. The van der Waals surface area contributed by atoms with Gasteiger partial charge in [0.2, 0.25) is 0 Å². The zero-order chi connectivity index (χ0) is 14.6. The van der Waals surface area contributed by atoms with Crippen LogP contribution in [0.5, 0.6) is 0 Å². The van der Waals surface area contributed by atoms with Crippen LogP contribution in [0.25, 0.3) is 0 Å². The molecular formula is C18H35NO. The fourth-order valence-electron chi connectivity index (χ4n) is 3.31. The molecule has 2 fully saturated rings. The standard InChI is InChI=1S/C18H35NO/c1-15-8-11-18(12-9-15,14-19-17(2,3)4)20-13-10-16-6-5-7-16/h15-16,19H,5-14H2,1-4H3. The zero-order valence-corrected chi connectivity index (χ0v) is 14.1. The third kappa shape index (κ3) is 5.04. The molecule has 2 heteroatoms. The number of ether oxygens (including phenoxy) is 1. The van der Waals surface area contributed by atoms with Gasteiger partial charge in [-0.1, -0.05) is 26.2 Å². The topological polar surface area (TPSA) is 21.3 Å². The van der Waals surface area contributed by atoms with Crippen LogP contribution in [0.2, 0.25) is 0 Å². The Morgan fingerprint density at radius 3 is 2.25 bits per heavy atom. The minimum Gasteiger partial charge on any atom is -0.374 e. The lowest BCUT2D eigenvalue weighted by atomic mass is 9.78. The largest absolute Gasteiger partial charge is 0.374 e. The molecule has 0 unspecified atom stereocenters. The first-order valence-electron chi connectivity index (χ1n) is 8.78. The molecular weight excluding hydrogens is 246 g/mol. The third-order valence-corrected chi connectivity index (χ3v) is 5.29. The Morgan fingerprint density at radius 1 is 1.10 bits per heavy atom. The minimum absolute atomic E-state index is 0.115. The fraction of sp³-hybridized carbons (Fsp3) is 1.00. The van der Waals surface area contributed by atoms with Gasteiger partial charge in [-0.15, -0.1) is 0 Å². The summed E-state index contributed by atoms with van der Waals surface area (Å²) in [5.74, 6) is 1.85. The summed E-state index contributed by atoms with van der Waals surface area (Å²) >= 11 is 0. The first-order valence-corrected chi connectivity index (χ1v) is 8.78. The van der Waals surface area contributed by atoms with Crippen LogP contribution < -0.4 is 5.32 Å². The van der Waals surface area contributed by atoms with Gasteiger partial charge in [-0.3, -0.25) is 0 Å². The van der Waals surface area contributed by atoms with Crippen molar-refractivity contribution in [3.05, 3.63) is 0 Å². The van der Waals surface area contributed by atoms with E-state index in [2.05, 4.69) is 33.0 Å². The third-order valence-electron chi connectivity index (χ3n) is 5.29. The highest BCUT2D eigenvalue weighted by atomic mass is 16.5. The average molecular weight is 281 g/mol. The van der Waals surface area contributed by atoms with Crippen molar-refractivity contribution in [2.45, 2.75) is 90.2 Å². The van der Waals surface area contributed by atoms with Gasteiger partial charge in [0.05, 0.1) is 5.60 Å². The molecule has 20 heavy (non-hydrogen) atoms. The maximum atomic E-state index is 6.46. The lowest BCUT2D eigenvalue weighted by Crippen LogP contribution is -2.51. The van der Waals surface area contributed by atoms with Crippen LogP contribution in [-0.4, -0.2) is 24.3 Å². The van der Waals surface area contributed by atoms with Crippen LogP contribution in [-0.2, 0) is 4.74 Å². The van der Waals surface area contributed by atoms with Crippen molar-refractivity contribution in [3.8, 4) is 0 Å². The van der Waals surface area contributed by atoms with Crippen LogP contribution in [0.4, 0.5) is 0 Å². The van der Waals surface area contributed by atoms with Gasteiger partial charge in [-0.05, 0) is 64.7 Å². The molecule has 1 N–H and O–H groups in total. The summed E-state index contributed by atoms with van der Waals surface area (Å²) in [7, 11) is 0. The molecule has 0 aromatic carbocycles. The highest BCUT2D eigenvalue weighted by Crippen LogP contribution is 2.36. The normalized spacial score (nSPS) is 32.1. The Hall–Kier alpha value is -0.0800. The lowest BCUT2D eigenvalue weighted by Gasteiger charge is -2.42. The molecule has 2 nitrogen and oxygen atoms in total. The molecule has 0 aromatic heterocycles. The van der Waals surface area contributed by atoms with Crippen LogP contribution in [0.15, 0.2) is 0 Å². The summed E-state index contributed by atoms with van der Waals surface area (Å²) in [6.45, 7) is 11.1. The van der Waals surface area contributed by atoms with Gasteiger partial charge < -0.3 is 10.1 Å². The second-order valence-corrected chi connectivity index (χ2v) is 8.40. The van der Waals surface area contributed by atoms with Crippen LogP contribution in [0, 0.1) is 11.8 Å². The number of nitrogens with one attached hydrogen (secondary N) is 1. The van der Waals surface area contributed by atoms with Crippen LogP contribution in [0.1, 0.15) is 79.1 Å². The van der Waals surface area contributed by atoms with E-state index in [9.17, 15) is 0 Å². The molecule has 0 saturated heterocycles. The van der Waals surface area contributed by atoms with Crippen molar-refractivity contribution in [2.24, 2.45) is 11.8 Å². The molecule has 118 valence electrons. The van der Waals surface area contributed by atoms with Crippen LogP contribution >= 0.6 is 0 Å². The summed E-state index contributed by atoms with van der Waals surface area (Å²) in [5.41, 5.74) is 0.303. The Labute approximate surface area is 126 Å². The molecule has 0 atom stereocenters. The molecule has 0 aliphatic heterocycles. The Bertz CT molecular complexity index is 282. The molecule has 0 radical (unpaired) electrons. The molecule has 2 rings (SSSR count). The molecule has 0 amide bonds. The van der Waals surface area contributed by atoms with E-state index < -0.39 is 0 Å². The van der Waals surface area contributed by atoms with E-state index in [-0.39, 0.29) is 11.1 Å². The van der Waals surface area contributed by atoms with Gasteiger partial charge in [0.15, 0.2) is 0 Å². The quantitative estimate of drug-likeness (QED) is 0.772. The number of hydrogen-bond donors (Lipinski definition) is 1. The van der Waals surface area contributed by atoms with E-state index >= 15 is 0 Å². The van der Waals surface area contributed by atoms with Gasteiger partial charge in [0, 0.05) is 18.7 Å². The average Bonchev–Trinajstić information content (AvgIpc) is 2.32. The van der Waals surface area contributed by atoms with E-state index in [1.165, 1.54) is 51.4 Å².